The predicted molar refractivity (Wildman–Crippen MR) is 63.7 cm³/mol. The van der Waals surface area contributed by atoms with Crippen LogP contribution >= 0.6 is 27.3 Å². The van der Waals surface area contributed by atoms with Crippen molar-refractivity contribution >= 4 is 33.2 Å². The van der Waals surface area contributed by atoms with Gasteiger partial charge in [-0.05, 0) is 34.5 Å². The molecule has 0 fully saturated rings. The summed E-state index contributed by atoms with van der Waals surface area (Å²) in [7, 11) is 0. The number of amides is 1. The fourth-order valence-corrected chi connectivity index (χ4v) is 2.59. The van der Waals surface area contributed by atoms with E-state index in [1.54, 1.807) is 11.3 Å². The van der Waals surface area contributed by atoms with Crippen LogP contribution in [0.2, 0.25) is 0 Å². The maximum absolute atomic E-state index is 10.4. The predicted octanol–water partition coefficient (Wildman–Crippen LogP) is 1.32. The number of hydrogen-bond donors (Lipinski definition) is 2. The Morgan fingerprint density at radius 1 is 1.73 bits per heavy atom. The molecule has 0 aromatic carbocycles. The third-order valence-electron chi connectivity index (χ3n) is 1.78. The van der Waals surface area contributed by atoms with Gasteiger partial charge in [0.15, 0.2) is 0 Å². The highest BCUT2D eigenvalue weighted by molar-refractivity contribution is 9.11. The first kappa shape index (κ1) is 12.6. The van der Waals surface area contributed by atoms with Crippen molar-refractivity contribution in [2.45, 2.75) is 13.0 Å². The maximum atomic E-state index is 10.4. The van der Waals surface area contributed by atoms with Crippen LogP contribution < -0.4 is 11.5 Å². The minimum atomic E-state index is -0.481. The van der Waals surface area contributed by atoms with Gasteiger partial charge in [0.05, 0.1) is 16.4 Å². The number of carbonyl (C=O) groups is 1. The number of primary amides is 1. The van der Waals surface area contributed by atoms with E-state index in [4.69, 9.17) is 16.2 Å². The molecule has 0 aliphatic rings. The van der Waals surface area contributed by atoms with Crippen LogP contribution in [0, 0.1) is 6.92 Å². The van der Waals surface area contributed by atoms with Gasteiger partial charge in [0, 0.05) is 4.88 Å². The highest BCUT2D eigenvalue weighted by atomic mass is 79.9. The number of rotatable bonds is 5. The van der Waals surface area contributed by atoms with Crippen molar-refractivity contribution in [2.24, 2.45) is 11.5 Å². The molecule has 4 N–H and O–H groups in total. The van der Waals surface area contributed by atoms with Crippen LogP contribution in [0.4, 0.5) is 0 Å². The third kappa shape index (κ3) is 3.90. The molecular formula is C9H13BrN2O2S. The zero-order valence-corrected chi connectivity index (χ0v) is 10.7. The van der Waals surface area contributed by atoms with Crippen LogP contribution in [0.25, 0.3) is 0 Å². The summed E-state index contributed by atoms with van der Waals surface area (Å²) in [5.41, 5.74) is 12.0. The molecule has 1 unspecified atom stereocenters. The molecule has 0 bridgehead atoms. The number of carbonyl (C=O) groups excluding carboxylic acids is 1. The van der Waals surface area contributed by atoms with Gasteiger partial charge in [0.1, 0.15) is 6.61 Å². The average molecular weight is 293 g/mol. The first-order valence-electron chi connectivity index (χ1n) is 4.38. The van der Waals surface area contributed by atoms with Gasteiger partial charge in [0.25, 0.3) is 0 Å². The lowest BCUT2D eigenvalue weighted by atomic mass is 10.2. The Balaban J connectivity index is 2.46. The van der Waals surface area contributed by atoms with Crippen LogP contribution in [-0.2, 0) is 9.53 Å². The van der Waals surface area contributed by atoms with Gasteiger partial charge >= 0.3 is 0 Å². The molecule has 6 heteroatoms. The van der Waals surface area contributed by atoms with E-state index >= 15 is 0 Å². The number of hydrogen-bond acceptors (Lipinski definition) is 4. The van der Waals surface area contributed by atoms with Crippen molar-refractivity contribution in [3.05, 3.63) is 20.3 Å². The summed E-state index contributed by atoms with van der Waals surface area (Å²) >= 11 is 5.00. The van der Waals surface area contributed by atoms with Gasteiger partial charge in [-0.3, -0.25) is 4.79 Å². The van der Waals surface area contributed by atoms with E-state index in [0.717, 1.165) is 14.2 Å². The number of nitrogens with two attached hydrogens (primary N) is 2. The molecule has 1 aromatic heterocycles. The lowest BCUT2D eigenvalue weighted by molar-refractivity contribution is -0.122. The molecule has 4 nitrogen and oxygen atoms in total. The maximum Gasteiger partial charge on any atom is 0.243 e. The summed E-state index contributed by atoms with van der Waals surface area (Å²) in [5.74, 6) is -0.481. The summed E-state index contributed by atoms with van der Waals surface area (Å²) < 4.78 is 6.12. The lowest BCUT2D eigenvalue weighted by Crippen LogP contribution is -2.22. The van der Waals surface area contributed by atoms with Crippen molar-refractivity contribution in [2.75, 3.05) is 13.2 Å². The normalized spacial score (nSPS) is 12.7. The highest BCUT2D eigenvalue weighted by Crippen LogP contribution is 2.30. The smallest absolute Gasteiger partial charge is 0.243 e. The highest BCUT2D eigenvalue weighted by Gasteiger charge is 2.11. The summed E-state index contributed by atoms with van der Waals surface area (Å²) in [4.78, 5) is 11.5. The van der Waals surface area contributed by atoms with Crippen molar-refractivity contribution in [1.82, 2.24) is 0 Å². The Labute approximate surface area is 101 Å². The van der Waals surface area contributed by atoms with E-state index in [0.29, 0.717) is 6.61 Å². The van der Waals surface area contributed by atoms with E-state index in [-0.39, 0.29) is 12.6 Å². The molecule has 0 radical (unpaired) electrons. The SMILES string of the molecule is Cc1cc(C(N)COCC(N)=O)sc1Br. The number of aryl methyl sites for hydroxylation is 1. The molecule has 0 aliphatic heterocycles. The van der Waals surface area contributed by atoms with Gasteiger partial charge in [0.2, 0.25) is 5.91 Å². The second-order valence-corrected chi connectivity index (χ2v) is 5.60. The molecule has 0 saturated carbocycles. The zero-order chi connectivity index (χ0) is 11.4. The van der Waals surface area contributed by atoms with Crippen LogP contribution in [0.5, 0.6) is 0 Å². The second-order valence-electron chi connectivity index (χ2n) is 3.19. The van der Waals surface area contributed by atoms with Crippen molar-refractivity contribution in [3.8, 4) is 0 Å². The first-order valence-corrected chi connectivity index (χ1v) is 5.99. The van der Waals surface area contributed by atoms with Crippen molar-refractivity contribution in [3.63, 3.8) is 0 Å². The monoisotopic (exact) mass is 292 g/mol. The lowest BCUT2D eigenvalue weighted by Gasteiger charge is -2.08. The van der Waals surface area contributed by atoms with Crippen LogP contribution in [0.1, 0.15) is 16.5 Å². The number of ether oxygens (including phenoxy) is 1. The average Bonchev–Trinajstić information content (AvgIpc) is 2.46. The van der Waals surface area contributed by atoms with E-state index in [9.17, 15) is 4.79 Å². The Morgan fingerprint density at radius 2 is 2.40 bits per heavy atom. The van der Waals surface area contributed by atoms with Gasteiger partial charge in [-0.1, -0.05) is 0 Å². The minimum absolute atomic E-state index is 0.0841. The molecule has 1 aromatic rings. The Kier molecular flexibility index (Phi) is 4.72. The van der Waals surface area contributed by atoms with Crippen LogP contribution in [0.3, 0.4) is 0 Å². The summed E-state index contributed by atoms with van der Waals surface area (Å²) in [6, 6.07) is 1.80. The fraction of sp³-hybridized carbons (Fsp3) is 0.444. The summed E-state index contributed by atoms with van der Waals surface area (Å²) in [6.07, 6.45) is 0. The first-order chi connectivity index (χ1) is 7.00. The Bertz CT molecular complexity index is 334. The molecule has 1 heterocycles. The van der Waals surface area contributed by atoms with Gasteiger partial charge in [-0.2, -0.15) is 0 Å². The third-order valence-corrected chi connectivity index (χ3v) is 4.05. The second kappa shape index (κ2) is 5.60. The van der Waals surface area contributed by atoms with Gasteiger partial charge in [-0.15, -0.1) is 11.3 Å². The van der Waals surface area contributed by atoms with E-state index < -0.39 is 5.91 Å². The van der Waals surface area contributed by atoms with Crippen molar-refractivity contribution < 1.29 is 9.53 Å². The van der Waals surface area contributed by atoms with Crippen molar-refractivity contribution in [1.29, 1.82) is 0 Å². The quantitative estimate of drug-likeness (QED) is 0.859. The zero-order valence-electron chi connectivity index (χ0n) is 8.33. The number of halogens is 1. The van der Waals surface area contributed by atoms with E-state index in [2.05, 4.69) is 15.9 Å². The van der Waals surface area contributed by atoms with Gasteiger partial charge in [-0.25, -0.2) is 0 Å². The molecular weight excluding hydrogens is 280 g/mol. The topological polar surface area (TPSA) is 78.3 Å². The molecule has 15 heavy (non-hydrogen) atoms. The molecule has 0 spiro atoms. The largest absolute Gasteiger partial charge is 0.370 e. The standard InChI is InChI=1S/C9H13BrN2O2S/c1-5-2-7(15-9(5)10)6(11)3-14-4-8(12)13/h2,6H,3-4,11H2,1H3,(H2,12,13). The minimum Gasteiger partial charge on any atom is -0.370 e. The van der Waals surface area contributed by atoms with Crippen LogP contribution in [-0.4, -0.2) is 19.1 Å². The fourth-order valence-electron chi connectivity index (χ4n) is 1.03. The van der Waals surface area contributed by atoms with Crippen LogP contribution in [0.15, 0.2) is 9.85 Å². The molecule has 1 atom stereocenters. The van der Waals surface area contributed by atoms with E-state index in [1.165, 1.54) is 0 Å². The van der Waals surface area contributed by atoms with Gasteiger partial charge < -0.3 is 16.2 Å². The molecule has 0 saturated heterocycles. The number of thiophene rings is 1. The molecule has 1 rings (SSSR count). The Hall–Kier alpha value is -0.430. The summed E-state index contributed by atoms with van der Waals surface area (Å²) in [5, 5.41) is 0. The van der Waals surface area contributed by atoms with E-state index in [1.807, 2.05) is 13.0 Å². The molecule has 0 aliphatic carbocycles. The molecule has 1 amide bonds. The summed E-state index contributed by atoms with van der Waals surface area (Å²) in [6.45, 7) is 2.22. The Morgan fingerprint density at radius 3 is 2.87 bits per heavy atom. The molecule has 84 valence electrons.